The number of Topliss-reactive ketones (excluding diaryl/α,β-unsaturated/α-hetero) is 2. The van der Waals surface area contributed by atoms with Crippen LogP contribution in [0.2, 0.25) is 0 Å². The quantitative estimate of drug-likeness (QED) is 0.457. The first-order valence-corrected chi connectivity index (χ1v) is 7.84. The molecule has 1 aromatic rings. The average Bonchev–Trinajstić information content (AvgIpc) is 2.87. The van der Waals surface area contributed by atoms with E-state index in [4.69, 9.17) is 9.47 Å². The lowest BCUT2D eigenvalue weighted by molar-refractivity contribution is 0.0664. The molecule has 1 aromatic carbocycles. The summed E-state index contributed by atoms with van der Waals surface area (Å²) in [4.78, 5) is 26.9. The molecule has 0 radical (unpaired) electrons. The maximum atomic E-state index is 12.5. The van der Waals surface area contributed by atoms with Crippen molar-refractivity contribution >= 4 is 11.6 Å². The van der Waals surface area contributed by atoms with Gasteiger partial charge in [0, 0.05) is 37.2 Å². The largest absolute Gasteiger partial charge is 0.382 e. The molecule has 0 aromatic heterocycles. The number of carbonyl (C=O) groups excluding carboxylic acids is 2. The zero-order chi connectivity index (χ0) is 16.9. The first kappa shape index (κ1) is 16.4. The number of benzene rings is 1. The maximum absolute atomic E-state index is 12.5. The number of hydrogen-bond donors (Lipinski definition) is 0. The topological polar surface area (TPSA) is 55.8 Å². The Kier molecular flexibility index (Phi) is 5.03. The van der Waals surface area contributed by atoms with Gasteiger partial charge in [0.2, 0.25) is 0 Å². The van der Waals surface area contributed by atoms with Gasteiger partial charge < -0.3 is 14.4 Å². The van der Waals surface area contributed by atoms with Gasteiger partial charge in [-0.3, -0.25) is 9.59 Å². The van der Waals surface area contributed by atoms with Crippen LogP contribution in [0.1, 0.15) is 20.7 Å². The Bertz CT molecular complexity index is 692. The Labute approximate surface area is 140 Å². The summed E-state index contributed by atoms with van der Waals surface area (Å²) in [5, 5.41) is 0. The fourth-order valence-electron chi connectivity index (χ4n) is 2.70. The molecule has 5 heteroatoms. The Morgan fingerprint density at radius 3 is 2.12 bits per heavy atom. The van der Waals surface area contributed by atoms with E-state index in [9.17, 15) is 9.59 Å². The zero-order valence-electron chi connectivity index (χ0n) is 13.5. The third kappa shape index (κ3) is 3.22. The van der Waals surface area contributed by atoms with Crippen LogP contribution in [0.4, 0.5) is 0 Å². The van der Waals surface area contributed by atoms with Crippen LogP contribution < -0.4 is 0 Å². The van der Waals surface area contributed by atoms with Crippen LogP contribution in [0.15, 0.2) is 60.0 Å². The van der Waals surface area contributed by atoms with E-state index in [0.717, 1.165) is 0 Å². The van der Waals surface area contributed by atoms with E-state index in [2.05, 4.69) is 0 Å². The van der Waals surface area contributed by atoms with E-state index in [-0.39, 0.29) is 17.1 Å². The summed E-state index contributed by atoms with van der Waals surface area (Å²) in [6.45, 7) is 2.41. The highest BCUT2D eigenvalue weighted by atomic mass is 16.5. The predicted molar refractivity (Wildman–Crippen MR) is 89.8 cm³/mol. The van der Waals surface area contributed by atoms with Gasteiger partial charge >= 0.3 is 0 Å². The minimum atomic E-state index is -0.198. The van der Waals surface area contributed by atoms with Crippen LogP contribution in [-0.4, -0.2) is 49.9 Å². The van der Waals surface area contributed by atoms with Crippen molar-refractivity contribution in [1.82, 2.24) is 4.90 Å². The lowest BCUT2D eigenvalue weighted by Crippen LogP contribution is -2.19. The molecule has 0 N–H and O–H groups in total. The number of rotatable bonds is 6. The van der Waals surface area contributed by atoms with E-state index in [1.807, 2.05) is 17.3 Å². The summed E-state index contributed by atoms with van der Waals surface area (Å²) in [6.07, 6.45) is 7.30. The lowest BCUT2D eigenvalue weighted by atomic mass is 10.0. The minimum Gasteiger partial charge on any atom is -0.382 e. The molecule has 1 aliphatic carbocycles. The van der Waals surface area contributed by atoms with Gasteiger partial charge in [-0.05, 0) is 17.7 Å². The molecule has 0 fully saturated rings. The Morgan fingerprint density at radius 1 is 0.917 bits per heavy atom. The van der Waals surface area contributed by atoms with E-state index < -0.39 is 0 Å². The molecule has 0 unspecified atom stereocenters. The van der Waals surface area contributed by atoms with Crippen molar-refractivity contribution in [3.63, 3.8) is 0 Å². The van der Waals surface area contributed by atoms with Crippen molar-refractivity contribution in [2.75, 3.05) is 33.5 Å². The van der Waals surface area contributed by atoms with Gasteiger partial charge in [-0.1, -0.05) is 24.3 Å². The minimum absolute atomic E-state index is 0.198. The summed E-state index contributed by atoms with van der Waals surface area (Å²) in [5.41, 5.74) is 1.87. The molecule has 1 heterocycles. The van der Waals surface area contributed by atoms with Gasteiger partial charge in [0.05, 0.1) is 25.4 Å². The molecular weight excluding hydrogens is 306 g/mol. The van der Waals surface area contributed by atoms with E-state index >= 15 is 0 Å². The highest BCUT2D eigenvalue weighted by Crippen LogP contribution is 2.30. The third-order valence-electron chi connectivity index (χ3n) is 3.98. The van der Waals surface area contributed by atoms with Gasteiger partial charge in [0.1, 0.15) is 0 Å². The number of nitrogens with zero attached hydrogens (tertiary/aromatic N) is 1. The van der Waals surface area contributed by atoms with Gasteiger partial charge in [-0.2, -0.15) is 0 Å². The molecule has 24 heavy (non-hydrogen) atoms. The summed E-state index contributed by atoms with van der Waals surface area (Å²) < 4.78 is 10.3. The molecule has 0 atom stereocenters. The molecule has 0 amide bonds. The lowest BCUT2D eigenvalue weighted by Gasteiger charge is -2.19. The fraction of sp³-hybridized carbons (Fsp3) is 0.263. The molecule has 0 spiro atoms. The number of fused-ring (bicyclic) bond motifs is 1. The Morgan fingerprint density at radius 2 is 1.54 bits per heavy atom. The molecule has 0 bridgehead atoms. The first-order valence-electron chi connectivity index (χ1n) is 7.84. The number of hydrogen-bond acceptors (Lipinski definition) is 5. The maximum Gasteiger partial charge on any atom is 0.198 e. The van der Waals surface area contributed by atoms with Gasteiger partial charge in [-0.15, -0.1) is 0 Å². The van der Waals surface area contributed by atoms with Crippen LogP contribution in [0.25, 0.3) is 0 Å². The number of methoxy groups -OCH3 is 1. The summed E-state index contributed by atoms with van der Waals surface area (Å²) in [7, 11) is 1.64. The molecule has 5 nitrogen and oxygen atoms in total. The molecule has 0 saturated carbocycles. The van der Waals surface area contributed by atoms with Crippen LogP contribution in [-0.2, 0) is 9.47 Å². The summed E-state index contributed by atoms with van der Waals surface area (Å²) in [5.74, 6) is -0.396. The van der Waals surface area contributed by atoms with Crippen molar-refractivity contribution in [3.05, 3.63) is 71.1 Å². The Balaban J connectivity index is 1.67. The summed E-state index contributed by atoms with van der Waals surface area (Å²) >= 11 is 0. The number of allylic oxidation sites excluding steroid dienone is 4. The van der Waals surface area contributed by atoms with Crippen LogP contribution >= 0.6 is 0 Å². The molecule has 124 valence electrons. The van der Waals surface area contributed by atoms with Crippen molar-refractivity contribution in [3.8, 4) is 0 Å². The van der Waals surface area contributed by atoms with Gasteiger partial charge in [0.15, 0.2) is 11.6 Å². The van der Waals surface area contributed by atoms with Crippen molar-refractivity contribution in [2.45, 2.75) is 0 Å². The first-order chi connectivity index (χ1) is 11.7. The smallest absolute Gasteiger partial charge is 0.198 e. The number of ether oxygens (including phenoxy) is 2. The SMILES string of the molecule is COCCOCCN1C=CC(=C2C(=O)c3ccccc3C2=O)C=C1. The van der Waals surface area contributed by atoms with Crippen LogP contribution in [0, 0.1) is 0 Å². The molecular formula is C19H19NO4. The van der Waals surface area contributed by atoms with E-state index in [0.29, 0.717) is 43.1 Å². The van der Waals surface area contributed by atoms with Gasteiger partial charge in [0.25, 0.3) is 0 Å². The predicted octanol–water partition coefficient (Wildman–Crippen LogP) is 2.37. The molecule has 0 saturated heterocycles. The standard InChI is InChI=1S/C19H19NO4/c1-23-12-13-24-11-10-20-8-6-14(7-9-20)17-18(21)15-4-2-3-5-16(15)19(17)22/h2-9H,10-13H2,1H3. The highest BCUT2D eigenvalue weighted by molar-refractivity contribution is 6.40. The molecule has 3 rings (SSSR count). The average molecular weight is 325 g/mol. The highest BCUT2D eigenvalue weighted by Gasteiger charge is 2.34. The normalized spacial score (nSPS) is 16.3. The third-order valence-corrected chi connectivity index (χ3v) is 3.98. The second kappa shape index (κ2) is 7.38. The second-order valence-electron chi connectivity index (χ2n) is 5.51. The zero-order valence-corrected chi connectivity index (χ0v) is 13.5. The Hall–Kier alpha value is -2.50. The van der Waals surface area contributed by atoms with Crippen LogP contribution in [0.5, 0.6) is 0 Å². The van der Waals surface area contributed by atoms with E-state index in [1.54, 1.807) is 43.5 Å². The number of ketones is 2. The van der Waals surface area contributed by atoms with Gasteiger partial charge in [-0.25, -0.2) is 0 Å². The molecule has 2 aliphatic rings. The second-order valence-corrected chi connectivity index (χ2v) is 5.51. The van der Waals surface area contributed by atoms with Crippen molar-refractivity contribution in [1.29, 1.82) is 0 Å². The number of carbonyl (C=O) groups is 2. The van der Waals surface area contributed by atoms with E-state index in [1.165, 1.54) is 0 Å². The van der Waals surface area contributed by atoms with Crippen LogP contribution in [0.3, 0.4) is 0 Å². The summed E-state index contributed by atoms with van der Waals surface area (Å²) in [6, 6.07) is 6.94. The van der Waals surface area contributed by atoms with Crippen molar-refractivity contribution < 1.29 is 19.1 Å². The molecule has 1 aliphatic heterocycles. The monoisotopic (exact) mass is 325 g/mol. The van der Waals surface area contributed by atoms with Crippen molar-refractivity contribution in [2.24, 2.45) is 0 Å². The fourth-order valence-corrected chi connectivity index (χ4v) is 2.70.